The second-order valence-corrected chi connectivity index (χ2v) is 5.14. The number of hydrogen-bond acceptors (Lipinski definition) is 3. The highest BCUT2D eigenvalue weighted by atomic mass is 16.3. The lowest BCUT2D eigenvalue weighted by Gasteiger charge is -2.37. The van der Waals surface area contributed by atoms with Crippen molar-refractivity contribution in [1.82, 2.24) is 10.2 Å². The van der Waals surface area contributed by atoms with Crippen molar-refractivity contribution in [2.45, 2.75) is 32.4 Å². The van der Waals surface area contributed by atoms with E-state index in [0.717, 1.165) is 26.1 Å². The smallest absolute Gasteiger partial charge is 0.0628 e. The molecule has 0 bridgehead atoms. The Balaban J connectivity index is 2.11. The van der Waals surface area contributed by atoms with E-state index < -0.39 is 0 Å². The Labute approximate surface area is 110 Å². The average molecular weight is 248 g/mol. The van der Waals surface area contributed by atoms with Gasteiger partial charge in [0.2, 0.25) is 0 Å². The number of aryl methyl sites for hydroxylation is 1. The molecule has 0 amide bonds. The zero-order valence-electron chi connectivity index (χ0n) is 11.4. The van der Waals surface area contributed by atoms with E-state index in [4.69, 9.17) is 0 Å². The molecule has 0 spiro atoms. The van der Waals surface area contributed by atoms with Gasteiger partial charge in [0.05, 0.1) is 12.6 Å². The van der Waals surface area contributed by atoms with Crippen molar-refractivity contribution in [2.24, 2.45) is 0 Å². The minimum Gasteiger partial charge on any atom is -0.394 e. The average Bonchev–Trinajstić information content (AvgIpc) is 2.40. The molecular weight excluding hydrogens is 224 g/mol. The lowest BCUT2D eigenvalue weighted by Crippen LogP contribution is -2.50. The van der Waals surface area contributed by atoms with Gasteiger partial charge in [-0.2, -0.15) is 0 Å². The van der Waals surface area contributed by atoms with E-state index in [1.165, 1.54) is 11.1 Å². The molecule has 0 radical (unpaired) electrons. The highest BCUT2D eigenvalue weighted by Gasteiger charge is 2.24. The van der Waals surface area contributed by atoms with Crippen LogP contribution in [-0.2, 0) is 6.42 Å². The van der Waals surface area contributed by atoms with Crippen molar-refractivity contribution < 1.29 is 5.11 Å². The molecule has 1 heterocycles. The molecule has 1 saturated heterocycles. The van der Waals surface area contributed by atoms with Crippen LogP contribution in [0.1, 0.15) is 31.0 Å². The van der Waals surface area contributed by atoms with Crippen LogP contribution < -0.4 is 5.32 Å². The second kappa shape index (κ2) is 6.32. The Morgan fingerprint density at radius 2 is 2.11 bits per heavy atom. The van der Waals surface area contributed by atoms with E-state index in [9.17, 15) is 5.11 Å². The van der Waals surface area contributed by atoms with Crippen LogP contribution in [0.3, 0.4) is 0 Å². The van der Waals surface area contributed by atoms with Crippen LogP contribution in [0.15, 0.2) is 24.3 Å². The van der Waals surface area contributed by atoms with Crippen molar-refractivity contribution in [3.63, 3.8) is 0 Å². The van der Waals surface area contributed by atoms with Gasteiger partial charge in [-0.15, -0.1) is 0 Å². The van der Waals surface area contributed by atoms with Crippen LogP contribution in [0.25, 0.3) is 0 Å². The summed E-state index contributed by atoms with van der Waals surface area (Å²) < 4.78 is 0. The molecule has 2 N–H and O–H groups in total. The molecule has 0 aromatic heterocycles. The maximum Gasteiger partial charge on any atom is 0.0628 e. The van der Waals surface area contributed by atoms with Gasteiger partial charge in [-0.25, -0.2) is 0 Å². The van der Waals surface area contributed by atoms with Crippen molar-refractivity contribution in [3.05, 3.63) is 35.4 Å². The Morgan fingerprint density at radius 3 is 2.67 bits per heavy atom. The molecular formula is C15H24N2O. The maximum atomic E-state index is 9.68. The van der Waals surface area contributed by atoms with Crippen molar-refractivity contribution in [2.75, 3.05) is 26.2 Å². The summed E-state index contributed by atoms with van der Waals surface area (Å²) in [7, 11) is 0. The third kappa shape index (κ3) is 3.10. The summed E-state index contributed by atoms with van der Waals surface area (Å²) in [5.41, 5.74) is 2.58. The van der Waals surface area contributed by atoms with E-state index in [-0.39, 0.29) is 12.6 Å². The monoisotopic (exact) mass is 248 g/mol. The molecule has 1 aliphatic heterocycles. The lowest BCUT2D eigenvalue weighted by atomic mass is 10.0. The number of hydrogen-bond donors (Lipinski definition) is 2. The van der Waals surface area contributed by atoms with Gasteiger partial charge in [0.1, 0.15) is 0 Å². The van der Waals surface area contributed by atoms with Gasteiger partial charge in [-0.3, -0.25) is 4.90 Å². The number of nitrogens with zero attached hydrogens (tertiary/aromatic N) is 1. The molecule has 0 saturated carbocycles. The van der Waals surface area contributed by atoms with Crippen LogP contribution in [0.4, 0.5) is 0 Å². The first kappa shape index (κ1) is 13.5. The van der Waals surface area contributed by atoms with Crippen LogP contribution >= 0.6 is 0 Å². The predicted molar refractivity (Wildman–Crippen MR) is 74.7 cm³/mol. The zero-order chi connectivity index (χ0) is 13.0. The zero-order valence-corrected chi connectivity index (χ0v) is 11.4. The van der Waals surface area contributed by atoms with E-state index in [1.54, 1.807) is 0 Å². The Hall–Kier alpha value is -0.900. The van der Waals surface area contributed by atoms with E-state index in [0.29, 0.717) is 6.04 Å². The molecule has 2 atom stereocenters. The number of piperazine rings is 1. The highest BCUT2D eigenvalue weighted by Crippen LogP contribution is 2.22. The van der Waals surface area contributed by atoms with Crippen molar-refractivity contribution >= 4 is 0 Å². The summed E-state index contributed by atoms with van der Waals surface area (Å²) in [5, 5.41) is 13.1. The second-order valence-electron chi connectivity index (χ2n) is 5.14. The summed E-state index contributed by atoms with van der Waals surface area (Å²) in [4.78, 5) is 2.38. The largest absolute Gasteiger partial charge is 0.394 e. The molecule has 1 aromatic rings. The van der Waals surface area contributed by atoms with Gasteiger partial charge >= 0.3 is 0 Å². The van der Waals surface area contributed by atoms with Crippen molar-refractivity contribution in [3.8, 4) is 0 Å². The molecule has 1 aromatic carbocycles. The Kier molecular flexibility index (Phi) is 4.75. The lowest BCUT2D eigenvalue weighted by molar-refractivity contribution is 0.0963. The fourth-order valence-corrected chi connectivity index (χ4v) is 2.65. The minimum atomic E-state index is 0.139. The highest BCUT2D eigenvalue weighted by molar-refractivity contribution is 5.25. The summed E-state index contributed by atoms with van der Waals surface area (Å²) in [6.45, 7) is 7.56. The standard InChI is InChI=1S/C15H24N2O/c1-3-13-4-6-14(7-5-13)15(11-18)17-9-8-16-12(2)10-17/h4-7,12,15-16,18H,3,8-11H2,1-2H3. The number of aliphatic hydroxyl groups excluding tert-OH is 1. The third-order valence-corrected chi connectivity index (χ3v) is 3.79. The van der Waals surface area contributed by atoms with Crippen LogP contribution in [0.2, 0.25) is 0 Å². The van der Waals surface area contributed by atoms with E-state index in [2.05, 4.69) is 48.3 Å². The topological polar surface area (TPSA) is 35.5 Å². The molecule has 1 fully saturated rings. The van der Waals surface area contributed by atoms with E-state index >= 15 is 0 Å². The summed E-state index contributed by atoms with van der Waals surface area (Å²) in [6, 6.07) is 9.30. The number of aliphatic hydroxyl groups is 1. The van der Waals surface area contributed by atoms with Gasteiger partial charge in [0, 0.05) is 25.7 Å². The number of benzene rings is 1. The quantitative estimate of drug-likeness (QED) is 0.849. The van der Waals surface area contributed by atoms with Crippen LogP contribution in [0, 0.1) is 0 Å². The van der Waals surface area contributed by atoms with Gasteiger partial charge in [-0.1, -0.05) is 31.2 Å². The summed E-state index contributed by atoms with van der Waals surface area (Å²) in [6.07, 6.45) is 1.06. The van der Waals surface area contributed by atoms with Gasteiger partial charge in [0.15, 0.2) is 0 Å². The molecule has 3 nitrogen and oxygen atoms in total. The SMILES string of the molecule is CCc1ccc(C(CO)N2CCNC(C)C2)cc1. The first-order valence-corrected chi connectivity index (χ1v) is 6.91. The Bertz CT molecular complexity index is 363. The van der Waals surface area contributed by atoms with E-state index in [1.807, 2.05) is 0 Å². The number of nitrogens with one attached hydrogen (secondary N) is 1. The maximum absolute atomic E-state index is 9.68. The fraction of sp³-hybridized carbons (Fsp3) is 0.600. The molecule has 2 unspecified atom stereocenters. The van der Waals surface area contributed by atoms with Gasteiger partial charge in [0.25, 0.3) is 0 Å². The summed E-state index contributed by atoms with van der Waals surface area (Å²) in [5.74, 6) is 0. The Morgan fingerprint density at radius 1 is 1.39 bits per heavy atom. The molecule has 3 heteroatoms. The van der Waals surface area contributed by atoms with Gasteiger partial charge in [-0.05, 0) is 24.5 Å². The summed E-state index contributed by atoms with van der Waals surface area (Å²) >= 11 is 0. The predicted octanol–water partition coefficient (Wildman–Crippen LogP) is 1.58. The molecule has 2 rings (SSSR count). The van der Waals surface area contributed by atoms with Crippen LogP contribution in [-0.4, -0.2) is 42.3 Å². The van der Waals surface area contributed by atoms with Crippen molar-refractivity contribution in [1.29, 1.82) is 0 Å². The fourth-order valence-electron chi connectivity index (χ4n) is 2.65. The third-order valence-electron chi connectivity index (χ3n) is 3.79. The molecule has 18 heavy (non-hydrogen) atoms. The first-order chi connectivity index (χ1) is 8.74. The van der Waals surface area contributed by atoms with Crippen LogP contribution in [0.5, 0.6) is 0 Å². The molecule has 100 valence electrons. The molecule has 1 aliphatic rings. The number of rotatable bonds is 4. The van der Waals surface area contributed by atoms with Gasteiger partial charge < -0.3 is 10.4 Å². The first-order valence-electron chi connectivity index (χ1n) is 6.91. The molecule has 0 aliphatic carbocycles. The minimum absolute atomic E-state index is 0.139. The normalized spacial score (nSPS) is 22.9.